The molecule has 0 N–H and O–H groups in total. The Hall–Kier alpha value is -2.69. The Morgan fingerprint density at radius 3 is 2.80 bits per heavy atom. The van der Waals surface area contributed by atoms with E-state index in [-0.39, 0.29) is 11.6 Å². The molecule has 1 amide bonds. The predicted octanol–water partition coefficient (Wildman–Crippen LogP) is 2.75. The lowest BCUT2D eigenvalue weighted by Gasteiger charge is -2.18. The number of hydrogen-bond donors (Lipinski definition) is 0. The second-order valence-corrected chi connectivity index (χ2v) is 4.40. The zero-order valence-electron chi connectivity index (χ0n) is 10.8. The molecule has 0 aliphatic carbocycles. The van der Waals surface area contributed by atoms with Crippen LogP contribution >= 0.6 is 0 Å². The highest BCUT2D eigenvalue weighted by Gasteiger charge is 2.19. The number of imidazole rings is 1. The number of benzene rings is 1. The van der Waals surface area contributed by atoms with Gasteiger partial charge in [0.2, 0.25) is 0 Å². The number of halogens is 1. The number of para-hydroxylation sites is 1. The van der Waals surface area contributed by atoms with Crippen LogP contribution in [0, 0.1) is 5.82 Å². The van der Waals surface area contributed by atoms with Gasteiger partial charge in [0.05, 0.1) is 11.3 Å². The van der Waals surface area contributed by atoms with Gasteiger partial charge in [-0.15, -0.1) is 0 Å². The molecule has 20 heavy (non-hydrogen) atoms. The third-order valence-corrected chi connectivity index (χ3v) is 3.17. The molecule has 0 aliphatic heterocycles. The molecule has 0 fully saturated rings. The molecule has 2 heterocycles. The molecule has 100 valence electrons. The van der Waals surface area contributed by atoms with Gasteiger partial charge in [-0.25, -0.2) is 9.37 Å². The van der Waals surface area contributed by atoms with Crippen LogP contribution in [0.25, 0.3) is 5.65 Å². The summed E-state index contributed by atoms with van der Waals surface area (Å²) in [4.78, 5) is 18.0. The van der Waals surface area contributed by atoms with E-state index in [0.29, 0.717) is 11.2 Å². The Labute approximate surface area is 115 Å². The maximum absolute atomic E-state index is 13.8. The summed E-state index contributed by atoms with van der Waals surface area (Å²) in [5.74, 6) is -0.731. The van der Waals surface area contributed by atoms with Gasteiger partial charge in [-0.3, -0.25) is 4.79 Å². The van der Waals surface area contributed by atoms with Gasteiger partial charge in [-0.2, -0.15) is 0 Å². The molecular weight excluding hydrogens is 257 g/mol. The molecule has 2 aromatic heterocycles. The molecule has 3 rings (SSSR count). The Balaban J connectivity index is 2.05. The van der Waals surface area contributed by atoms with Crippen LogP contribution in [0.1, 0.15) is 10.4 Å². The van der Waals surface area contributed by atoms with Gasteiger partial charge in [-0.1, -0.05) is 12.1 Å². The van der Waals surface area contributed by atoms with Crippen molar-refractivity contribution in [1.82, 2.24) is 9.38 Å². The third kappa shape index (κ3) is 1.93. The summed E-state index contributed by atoms with van der Waals surface area (Å²) in [6.07, 6.45) is 5.19. The fourth-order valence-corrected chi connectivity index (χ4v) is 2.13. The van der Waals surface area contributed by atoms with Crippen molar-refractivity contribution in [2.45, 2.75) is 0 Å². The standard InChI is InChI=1S/C15H12FN3O/c1-18(13-7-3-2-6-12(13)16)15(20)11-5-4-9-19-10-8-17-14(11)19/h2-10H,1H3. The van der Waals surface area contributed by atoms with Crippen molar-refractivity contribution in [3.63, 3.8) is 0 Å². The van der Waals surface area contributed by atoms with Crippen molar-refractivity contribution < 1.29 is 9.18 Å². The normalized spacial score (nSPS) is 10.7. The van der Waals surface area contributed by atoms with Gasteiger partial charge in [0, 0.05) is 25.6 Å². The Morgan fingerprint density at radius 2 is 2.00 bits per heavy atom. The van der Waals surface area contributed by atoms with Crippen LogP contribution in [0.2, 0.25) is 0 Å². The molecular formula is C15H12FN3O. The van der Waals surface area contributed by atoms with E-state index in [9.17, 15) is 9.18 Å². The van der Waals surface area contributed by atoms with Crippen molar-refractivity contribution in [2.24, 2.45) is 0 Å². The van der Waals surface area contributed by atoms with E-state index in [0.717, 1.165) is 0 Å². The van der Waals surface area contributed by atoms with E-state index in [4.69, 9.17) is 0 Å². The number of nitrogens with zero attached hydrogens (tertiary/aromatic N) is 3. The summed E-state index contributed by atoms with van der Waals surface area (Å²) in [5, 5.41) is 0. The van der Waals surface area contributed by atoms with Crippen LogP contribution in [0.4, 0.5) is 10.1 Å². The van der Waals surface area contributed by atoms with Crippen LogP contribution in [0.15, 0.2) is 55.0 Å². The number of aromatic nitrogens is 2. The van der Waals surface area contributed by atoms with Crippen LogP contribution in [0.3, 0.4) is 0 Å². The first-order valence-electron chi connectivity index (χ1n) is 6.13. The number of carbonyl (C=O) groups excluding carboxylic acids is 1. The van der Waals surface area contributed by atoms with Crippen molar-refractivity contribution in [3.8, 4) is 0 Å². The van der Waals surface area contributed by atoms with E-state index >= 15 is 0 Å². The largest absolute Gasteiger partial charge is 0.309 e. The van der Waals surface area contributed by atoms with E-state index in [1.165, 1.54) is 11.0 Å². The third-order valence-electron chi connectivity index (χ3n) is 3.17. The monoisotopic (exact) mass is 269 g/mol. The fraction of sp³-hybridized carbons (Fsp3) is 0.0667. The lowest BCUT2D eigenvalue weighted by Crippen LogP contribution is -2.27. The number of rotatable bonds is 2. The molecule has 1 aromatic carbocycles. The van der Waals surface area contributed by atoms with E-state index in [1.54, 1.807) is 54.2 Å². The average Bonchev–Trinajstić information content (AvgIpc) is 2.94. The zero-order chi connectivity index (χ0) is 14.1. The Bertz CT molecular complexity index is 781. The van der Waals surface area contributed by atoms with Crippen LogP contribution < -0.4 is 4.90 Å². The van der Waals surface area contributed by atoms with E-state index in [1.807, 2.05) is 6.20 Å². The number of hydrogen-bond acceptors (Lipinski definition) is 2. The lowest BCUT2D eigenvalue weighted by atomic mass is 10.2. The van der Waals surface area contributed by atoms with Gasteiger partial charge in [0.25, 0.3) is 5.91 Å². The minimum Gasteiger partial charge on any atom is -0.309 e. The number of amides is 1. The first-order valence-corrected chi connectivity index (χ1v) is 6.13. The summed E-state index contributed by atoms with van der Waals surface area (Å²) in [6, 6.07) is 9.62. The molecule has 0 bridgehead atoms. The van der Waals surface area contributed by atoms with Crippen LogP contribution in [-0.4, -0.2) is 22.3 Å². The molecule has 3 aromatic rings. The van der Waals surface area contributed by atoms with Gasteiger partial charge in [-0.05, 0) is 24.3 Å². The number of carbonyl (C=O) groups is 1. The maximum atomic E-state index is 13.8. The first kappa shape index (κ1) is 12.3. The maximum Gasteiger partial charge on any atom is 0.261 e. The van der Waals surface area contributed by atoms with Crippen LogP contribution in [-0.2, 0) is 0 Å². The summed E-state index contributed by atoms with van der Waals surface area (Å²) in [5.41, 5.74) is 1.23. The summed E-state index contributed by atoms with van der Waals surface area (Å²) >= 11 is 0. The first-order chi connectivity index (χ1) is 9.68. The molecule has 0 atom stereocenters. The fourth-order valence-electron chi connectivity index (χ4n) is 2.13. The molecule has 0 radical (unpaired) electrons. The molecule has 0 saturated heterocycles. The van der Waals surface area contributed by atoms with Gasteiger partial charge < -0.3 is 9.30 Å². The lowest BCUT2D eigenvalue weighted by molar-refractivity contribution is 0.0993. The van der Waals surface area contributed by atoms with Crippen molar-refractivity contribution in [3.05, 3.63) is 66.4 Å². The van der Waals surface area contributed by atoms with Gasteiger partial charge >= 0.3 is 0 Å². The minimum absolute atomic E-state index is 0.242. The molecule has 0 unspecified atom stereocenters. The second kappa shape index (κ2) is 4.77. The molecule has 0 spiro atoms. The highest BCUT2D eigenvalue weighted by molar-refractivity contribution is 6.09. The van der Waals surface area contributed by atoms with E-state index < -0.39 is 5.82 Å². The Morgan fingerprint density at radius 1 is 1.20 bits per heavy atom. The van der Waals surface area contributed by atoms with Gasteiger partial charge in [0.15, 0.2) is 0 Å². The minimum atomic E-state index is -0.432. The SMILES string of the molecule is CN(C(=O)c1cccn2ccnc12)c1ccccc1F. The summed E-state index contributed by atoms with van der Waals surface area (Å²) in [7, 11) is 1.55. The molecule has 4 nitrogen and oxygen atoms in total. The zero-order valence-corrected chi connectivity index (χ0v) is 10.8. The Kier molecular flexibility index (Phi) is 2.95. The average molecular weight is 269 g/mol. The van der Waals surface area contributed by atoms with Crippen molar-refractivity contribution >= 4 is 17.2 Å². The molecule has 0 saturated carbocycles. The highest BCUT2D eigenvalue weighted by Crippen LogP contribution is 2.20. The van der Waals surface area contributed by atoms with Gasteiger partial charge in [0.1, 0.15) is 11.5 Å². The quantitative estimate of drug-likeness (QED) is 0.717. The summed E-state index contributed by atoms with van der Waals surface area (Å²) in [6.45, 7) is 0. The number of anilines is 1. The molecule has 0 aliphatic rings. The smallest absolute Gasteiger partial charge is 0.261 e. The van der Waals surface area contributed by atoms with E-state index in [2.05, 4.69) is 4.98 Å². The highest BCUT2D eigenvalue weighted by atomic mass is 19.1. The predicted molar refractivity (Wildman–Crippen MR) is 74.3 cm³/mol. The second-order valence-electron chi connectivity index (χ2n) is 4.40. The van der Waals surface area contributed by atoms with Crippen LogP contribution in [0.5, 0.6) is 0 Å². The number of fused-ring (bicyclic) bond motifs is 1. The van der Waals surface area contributed by atoms with Crippen molar-refractivity contribution in [2.75, 3.05) is 11.9 Å². The number of pyridine rings is 1. The molecule has 5 heteroatoms. The summed E-state index contributed by atoms with van der Waals surface area (Å²) < 4.78 is 15.5. The topological polar surface area (TPSA) is 37.6 Å². The van der Waals surface area contributed by atoms with Crippen molar-refractivity contribution in [1.29, 1.82) is 0 Å².